The van der Waals surface area contributed by atoms with Crippen molar-refractivity contribution in [3.05, 3.63) is 40.9 Å². The number of halogens is 1. The number of hydrogen-bond donors (Lipinski definition) is 1. The molecule has 1 heterocycles. The van der Waals surface area contributed by atoms with E-state index in [0.717, 1.165) is 16.9 Å². The molecule has 0 aliphatic rings. The molecule has 4 heteroatoms. The molecule has 18 heavy (non-hydrogen) atoms. The second-order valence-corrected chi connectivity index (χ2v) is 5.11. The lowest BCUT2D eigenvalue weighted by molar-refractivity contribution is 0.459. The van der Waals surface area contributed by atoms with Gasteiger partial charge in [0.2, 0.25) is 5.89 Å². The SMILES string of the molecule is Cc1cc(Cl)cc(-c2cnc(CNC(C)C)o2)c1. The Morgan fingerprint density at radius 2 is 2.11 bits per heavy atom. The second-order valence-electron chi connectivity index (χ2n) is 4.67. The number of rotatable bonds is 4. The highest BCUT2D eigenvalue weighted by Crippen LogP contribution is 2.25. The molecule has 0 aliphatic heterocycles. The molecular formula is C14H17ClN2O. The smallest absolute Gasteiger partial charge is 0.208 e. The minimum absolute atomic E-state index is 0.411. The van der Waals surface area contributed by atoms with Crippen LogP contribution in [0.2, 0.25) is 5.02 Å². The van der Waals surface area contributed by atoms with E-state index < -0.39 is 0 Å². The Bertz CT molecular complexity index is 514. The second kappa shape index (κ2) is 5.55. The Hall–Kier alpha value is -1.32. The van der Waals surface area contributed by atoms with Crippen LogP contribution < -0.4 is 5.32 Å². The number of aryl methyl sites for hydroxylation is 1. The maximum atomic E-state index is 6.04. The number of nitrogens with zero attached hydrogens (tertiary/aromatic N) is 1. The predicted molar refractivity (Wildman–Crippen MR) is 73.7 cm³/mol. The zero-order valence-electron chi connectivity index (χ0n) is 10.8. The van der Waals surface area contributed by atoms with E-state index in [1.54, 1.807) is 6.20 Å². The van der Waals surface area contributed by atoms with Crippen LogP contribution in [0.25, 0.3) is 11.3 Å². The summed E-state index contributed by atoms with van der Waals surface area (Å²) in [5, 5.41) is 3.98. The fourth-order valence-electron chi connectivity index (χ4n) is 1.70. The maximum Gasteiger partial charge on any atom is 0.208 e. The van der Waals surface area contributed by atoms with Crippen LogP contribution in [0.1, 0.15) is 25.3 Å². The van der Waals surface area contributed by atoms with Crippen molar-refractivity contribution in [3.8, 4) is 11.3 Å². The van der Waals surface area contributed by atoms with E-state index >= 15 is 0 Å². The molecular weight excluding hydrogens is 248 g/mol. The van der Waals surface area contributed by atoms with Crippen molar-refractivity contribution >= 4 is 11.6 Å². The quantitative estimate of drug-likeness (QED) is 0.913. The highest BCUT2D eigenvalue weighted by molar-refractivity contribution is 6.30. The number of aromatic nitrogens is 1. The standard InChI is InChI=1S/C14H17ClN2O/c1-9(2)16-8-14-17-7-13(18-14)11-4-10(3)5-12(15)6-11/h4-7,9,16H,8H2,1-3H3. The van der Waals surface area contributed by atoms with Crippen LogP contribution in [0, 0.1) is 6.92 Å². The Morgan fingerprint density at radius 1 is 1.33 bits per heavy atom. The van der Waals surface area contributed by atoms with Crippen LogP contribution in [-0.2, 0) is 6.54 Å². The molecule has 0 unspecified atom stereocenters. The summed E-state index contributed by atoms with van der Waals surface area (Å²) in [5.74, 6) is 1.44. The van der Waals surface area contributed by atoms with Crippen molar-refractivity contribution in [2.75, 3.05) is 0 Å². The predicted octanol–water partition coefficient (Wildman–Crippen LogP) is 3.80. The van der Waals surface area contributed by atoms with Gasteiger partial charge < -0.3 is 9.73 Å². The zero-order valence-corrected chi connectivity index (χ0v) is 11.6. The van der Waals surface area contributed by atoms with Crippen LogP contribution in [0.15, 0.2) is 28.8 Å². The van der Waals surface area contributed by atoms with Crippen molar-refractivity contribution in [2.24, 2.45) is 0 Å². The van der Waals surface area contributed by atoms with Gasteiger partial charge in [0.25, 0.3) is 0 Å². The molecule has 0 amide bonds. The summed E-state index contributed by atoms with van der Waals surface area (Å²) in [4.78, 5) is 4.25. The van der Waals surface area contributed by atoms with E-state index in [-0.39, 0.29) is 0 Å². The van der Waals surface area contributed by atoms with Gasteiger partial charge in [-0.3, -0.25) is 0 Å². The van der Waals surface area contributed by atoms with Gasteiger partial charge in [0.1, 0.15) is 0 Å². The molecule has 1 N–H and O–H groups in total. The highest BCUT2D eigenvalue weighted by Gasteiger charge is 2.08. The molecule has 2 rings (SSSR count). The summed E-state index contributed by atoms with van der Waals surface area (Å²) in [5.41, 5.74) is 2.07. The van der Waals surface area contributed by atoms with Gasteiger partial charge in [-0.1, -0.05) is 25.4 Å². The molecule has 96 valence electrons. The van der Waals surface area contributed by atoms with Crippen LogP contribution in [0.4, 0.5) is 0 Å². The molecule has 1 aromatic carbocycles. The molecule has 0 spiro atoms. The van der Waals surface area contributed by atoms with Gasteiger partial charge in [-0.25, -0.2) is 4.98 Å². The first-order valence-electron chi connectivity index (χ1n) is 6.00. The monoisotopic (exact) mass is 264 g/mol. The third-order valence-electron chi connectivity index (χ3n) is 2.54. The summed E-state index contributed by atoms with van der Waals surface area (Å²) in [6.45, 7) is 6.82. The van der Waals surface area contributed by atoms with Gasteiger partial charge >= 0.3 is 0 Å². The van der Waals surface area contributed by atoms with Gasteiger partial charge in [0.05, 0.1) is 12.7 Å². The van der Waals surface area contributed by atoms with E-state index in [0.29, 0.717) is 23.5 Å². The van der Waals surface area contributed by atoms with E-state index in [1.165, 1.54) is 0 Å². The van der Waals surface area contributed by atoms with Crippen LogP contribution in [0.5, 0.6) is 0 Å². The molecule has 0 aliphatic carbocycles. The summed E-state index contributed by atoms with van der Waals surface area (Å²) in [6.07, 6.45) is 1.74. The molecule has 2 aromatic rings. The van der Waals surface area contributed by atoms with Crippen molar-refractivity contribution in [1.29, 1.82) is 0 Å². The molecule has 1 aromatic heterocycles. The van der Waals surface area contributed by atoms with Gasteiger partial charge in [-0.15, -0.1) is 0 Å². The lowest BCUT2D eigenvalue weighted by Crippen LogP contribution is -2.21. The summed E-state index contributed by atoms with van der Waals surface area (Å²) < 4.78 is 5.70. The lowest BCUT2D eigenvalue weighted by atomic mass is 10.1. The normalized spacial score (nSPS) is 11.2. The van der Waals surface area contributed by atoms with Gasteiger partial charge in [-0.2, -0.15) is 0 Å². The third kappa shape index (κ3) is 3.34. The zero-order chi connectivity index (χ0) is 13.1. The topological polar surface area (TPSA) is 38.1 Å². The minimum Gasteiger partial charge on any atom is -0.439 e. The summed E-state index contributed by atoms with van der Waals surface area (Å²) in [7, 11) is 0. The summed E-state index contributed by atoms with van der Waals surface area (Å²) >= 11 is 6.04. The molecule has 0 bridgehead atoms. The molecule has 0 saturated carbocycles. The first-order chi connectivity index (χ1) is 8.54. The van der Waals surface area contributed by atoms with Crippen molar-refractivity contribution in [1.82, 2.24) is 10.3 Å². The number of benzene rings is 1. The molecule has 0 radical (unpaired) electrons. The van der Waals surface area contributed by atoms with Gasteiger partial charge in [0, 0.05) is 16.6 Å². The largest absolute Gasteiger partial charge is 0.439 e. The van der Waals surface area contributed by atoms with Crippen molar-refractivity contribution in [3.63, 3.8) is 0 Å². The number of oxazole rings is 1. The molecule has 0 atom stereocenters. The van der Waals surface area contributed by atoms with Crippen LogP contribution in [-0.4, -0.2) is 11.0 Å². The number of hydrogen-bond acceptors (Lipinski definition) is 3. The van der Waals surface area contributed by atoms with Crippen LogP contribution in [0.3, 0.4) is 0 Å². The Kier molecular flexibility index (Phi) is 4.04. The fraction of sp³-hybridized carbons (Fsp3) is 0.357. The van der Waals surface area contributed by atoms with Crippen molar-refractivity contribution < 1.29 is 4.42 Å². The fourth-order valence-corrected chi connectivity index (χ4v) is 1.99. The van der Waals surface area contributed by atoms with E-state index in [9.17, 15) is 0 Å². The lowest BCUT2D eigenvalue weighted by Gasteiger charge is -2.04. The van der Waals surface area contributed by atoms with Crippen LogP contribution >= 0.6 is 11.6 Å². The Morgan fingerprint density at radius 3 is 2.78 bits per heavy atom. The first-order valence-corrected chi connectivity index (χ1v) is 6.38. The van der Waals surface area contributed by atoms with Gasteiger partial charge in [0.15, 0.2) is 5.76 Å². The molecule has 0 saturated heterocycles. The average Bonchev–Trinajstić information content (AvgIpc) is 2.73. The highest BCUT2D eigenvalue weighted by atomic mass is 35.5. The molecule has 3 nitrogen and oxygen atoms in total. The van der Waals surface area contributed by atoms with E-state index in [1.807, 2.05) is 25.1 Å². The number of nitrogens with one attached hydrogen (secondary N) is 1. The third-order valence-corrected chi connectivity index (χ3v) is 2.76. The van der Waals surface area contributed by atoms with Crippen molar-refractivity contribution in [2.45, 2.75) is 33.4 Å². The Labute approximate surface area is 112 Å². The first kappa shape index (κ1) is 13.1. The average molecular weight is 265 g/mol. The Balaban J connectivity index is 2.18. The maximum absolute atomic E-state index is 6.04. The minimum atomic E-state index is 0.411. The molecule has 0 fully saturated rings. The summed E-state index contributed by atoms with van der Waals surface area (Å²) in [6, 6.07) is 6.25. The van der Waals surface area contributed by atoms with E-state index in [2.05, 4.69) is 24.1 Å². The van der Waals surface area contributed by atoms with E-state index in [4.69, 9.17) is 16.0 Å². The van der Waals surface area contributed by atoms with Gasteiger partial charge in [-0.05, 0) is 30.7 Å².